The average Bonchev–Trinajstić information content (AvgIpc) is 3.04. The summed E-state index contributed by atoms with van der Waals surface area (Å²) >= 11 is 0. The van der Waals surface area contributed by atoms with Crippen molar-refractivity contribution in [1.82, 2.24) is 5.43 Å². The summed E-state index contributed by atoms with van der Waals surface area (Å²) in [5, 5.41) is 13.1. The topological polar surface area (TPSA) is 63.1 Å². The monoisotopic (exact) mass is 380 g/mol. The Kier molecular flexibility index (Phi) is 5.27. The summed E-state index contributed by atoms with van der Waals surface area (Å²) in [6, 6.07) is 9.21. The van der Waals surface area contributed by atoms with Crippen LogP contribution in [0.25, 0.3) is 11.1 Å². The molecule has 144 valence electrons. The van der Waals surface area contributed by atoms with Gasteiger partial charge in [0.2, 0.25) is 5.90 Å². The van der Waals surface area contributed by atoms with Crippen molar-refractivity contribution in [2.75, 3.05) is 7.11 Å². The molecule has 1 atom stereocenters. The Bertz CT molecular complexity index is 866. The number of hydrazone groups is 1. The number of aryl methyl sites for hydroxylation is 2. The Morgan fingerprint density at radius 3 is 2.52 bits per heavy atom. The zero-order valence-corrected chi connectivity index (χ0v) is 14.8. The summed E-state index contributed by atoms with van der Waals surface area (Å²) in [4.78, 5) is 0. The second kappa shape index (κ2) is 7.48. The number of halogens is 3. The molecule has 0 spiro atoms. The van der Waals surface area contributed by atoms with Crippen LogP contribution in [-0.2, 0) is 17.3 Å². The number of nitrogens with zero attached hydrogens (tertiary/aromatic N) is 1. The Labute approximate surface area is 154 Å². The summed E-state index contributed by atoms with van der Waals surface area (Å²) in [5.41, 5.74) is 4.56. The maximum Gasteiger partial charge on any atom is 0.416 e. The first-order chi connectivity index (χ1) is 12.8. The number of methoxy groups -OCH3 is 1. The fraction of sp³-hybridized carbons (Fsp3) is 0.316. The number of hydrogen-bond acceptors (Lipinski definition) is 5. The first-order valence-electron chi connectivity index (χ1n) is 8.30. The fourth-order valence-electron chi connectivity index (χ4n) is 2.94. The van der Waals surface area contributed by atoms with E-state index in [-0.39, 0.29) is 0 Å². The number of rotatable bonds is 5. The smallest absolute Gasteiger partial charge is 0.416 e. The lowest BCUT2D eigenvalue weighted by molar-refractivity contribution is -0.137. The van der Waals surface area contributed by atoms with Crippen LogP contribution in [0, 0.1) is 6.92 Å². The maximum absolute atomic E-state index is 12.9. The molecule has 1 heterocycles. The van der Waals surface area contributed by atoms with Gasteiger partial charge in [0, 0.05) is 12.0 Å². The molecule has 0 bridgehead atoms. The minimum atomic E-state index is -4.38. The lowest BCUT2D eigenvalue weighted by Crippen LogP contribution is -2.20. The van der Waals surface area contributed by atoms with E-state index in [1.165, 1.54) is 13.2 Å². The normalized spacial score (nSPS) is 16.5. The van der Waals surface area contributed by atoms with Crippen LogP contribution in [-0.4, -0.2) is 24.5 Å². The molecule has 3 rings (SSSR count). The quantitative estimate of drug-likeness (QED) is 0.828. The van der Waals surface area contributed by atoms with Gasteiger partial charge in [-0.15, -0.1) is 5.10 Å². The molecule has 2 N–H and O–H groups in total. The lowest BCUT2D eigenvalue weighted by Gasteiger charge is -2.15. The van der Waals surface area contributed by atoms with Crippen LogP contribution in [0.2, 0.25) is 0 Å². The highest BCUT2D eigenvalue weighted by atomic mass is 19.4. The van der Waals surface area contributed by atoms with Crippen molar-refractivity contribution in [3.8, 4) is 16.9 Å². The van der Waals surface area contributed by atoms with E-state index < -0.39 is 18.2 Å². The number of hydrogen-bond donors (Lipinski definition) is 2. The first kappa shape index (κ1) is 19.0. The summed E-state index contributed by atoms with van der Waals surface area (Å²) in [6.45, 7) is 1.64. The first-order valence-corrected chi connectivity index (χ1v) is 8.30. The molecule has 1 aliphatic heterocycles. The summed E-state index contributed by atoms with van der Waals surface area (Å²) in [6.07, 6.45) is -4.44. The second-order valence-corrected chi connectivity index (χ2v) is 6.17. The van der Waals surface area contributed by atoms with Crippen molar-refractivity contribution in [2.24, 2.45) is 5.10 Å². The number of alkyl halides is 3. The molecule has 5 nitrogen and oxygen atoms in total. The van der Waals surface area contributed by atoms with E-state index in [4.69, 9.17) is 9.47 Å². The van der Waals surface area contributed by atoms with Crippen LogP contribution in [0.3, 0.4) is 0 Å². The van der Waals surface area contributed by atoms with Crippen LogP contribution in [0.15, 0.2) is 41.5 Å². The van der Waals surface area contributed by atoms with Gasteiger partial charge in [-0.25, -0.2) is 5.43 Å². The third-order valence-corrected chi connectivity index (χ3v) is 4.28. The highest BCUT2D eigenvalue weighted by molar-refractivity contribution is 5.78. The molecule has 27 heavy (non-hydrogen) atoms. The zero-order chi connectivity index (χ0) is 19.6. The van der Waals surface area contributed by atoms with Gasteiger partial charge in [0.15, 0.2) is 0 Å². The number of aliphatic hydroxyl groups excluding tert-OH is 1. The standard InChI is InChI=1S/C19H19F3N2O3/c1-11-9-13(19(20,21)22)5-6-14(11)15-10-12(3-7-16(15)26-2)4-8-17-23-24-18(25)27-17/h3,5-7,9-10,18,24-25H,4,8H2,1-2H3. The van der Waals surface area contributed by atoms with Crippen LogP contribution >= 0.6 is 0 Å². The molecule has 0 saturated carbocycles. The fourth-order valence-corrected chi connectivity index (χ4v) is 2.94. The minimum Gasteiger partial charge on any atom is -0.496 e. The summed E-state index contributed by atoms with van der Waals surface area (Å²) < 4.78 is 49.2. The molecule has 8 heteroatoms. The van der Waals surface area contributed by atoms with Crippen molar-refractivity contribution in [2.45, 2.75) is 32.4 Å². The zero-order valence-electron chi connectivity index (χ0n) is 14.8. The van der Waals surface area contributed by atoms with Gasteiger partial charge in [-0.05, 0) is 54.3 Å². The predicted molar refractivity (Wildman–Crippen MR) is 94.2 cm³/mol. The van der Waals surface area contributed by atoms with E-state index >= 15 is 0 Å². The van der Waals surface area contributed by atoms with E-state index in [0.29, 0.717) is 41.2 Å². The van der Waals surface area contributed by atoms with Crippen molar-refractivity contribution < 1.29 is 27.8 Å². The molecule has 2 aromatic rings. The Morgan fingerprint density at radius 2 is 1.93 bits per heavy atom. The van der Waals surface area contributed by atoms with Crippen molar-refractivity contribution in [3.63, 3.8) is 0 Å². The lowest BCUT2D eigenvalue weighted by atomic mass is 9.95. The summed E-state index contributed by atoms with van der Waals surface area (Å²) in [5.74, 6) is 0.971. The van der Waals surface area contributed by atoms with Gasteiger partial charge in [-0.3, -0.25) is 0 Å². The Balaban J connectivity index is 1.88. The van der Waals surface area contributed by atoms with E-state index in [2.05, 4.69) is 10.5 Å². The molecule has 0 saturated heterocycles. The summed E-state index contributed by atoms with van der Waals surface area (Å²) in [7, 11) is 1.52. The minimum absolute atomic E-state index is 0.394. The predicted octanol–water partition coefficient (Wildman–Crippen LogP) is 3.83. The van der Waals surface area contributed by atoms with Gasteiger partial charge in [-0.1, -0.05) is 12.1 Å². The number of ether oxygens (including phenoxy) is 2. The van der Waals surface area contributed by atoms with Crippen LogP contribution in [0.1, 0.15) is 23.1 Å². The van der Waals surface area contributed by atoms with Gasteiger partial charge >= 0.3 is 6.18 Å². The molecule has 0 fully saturated rings. The van der Waals surface area contributed by atoms with Crippen molar-refractivity contribution >= 4 is 5.90 Å². The van der Waals surface area contributed by atoms with Gasteiger partial charge in [-0.2, -0.15) is 13.2 Å². The molecule has 1 aliphatic rings. The molecule has 0 aliphatic carbocycles. The molecule has 0 radical (unpaired) electrons. The third-order valence-electron chi connectivity index (χ3n) is 4.28. The molecule has 0 amide bonds. The second-order valence-electron chi connectivity index (χ2n) is 6.17. The van der Waals surface area contributed by atoms with E-state index in [0.717, 1.165) is 17.7 Å². The molecule has 2 aromatic carbocycles. The molecule has 0 aromatic heterocycles. The van der Waals surface area contributed by atoms with Crippen LogP contribution in [0.5, 0.6) is 5.75 Å². The van der Waals surface area contributed by atoms with E-state index in [1.54, 1.807) is 13.0 Å². The Morgan fingerprint density at radius 1 is 1.15 bits per heavy atom. The van der Waals surface area contributed by atoms with E-state index in [9.17, 15) is 18.3 Å². The van der Waals surface area contributed by atoms with Gasteiger partial charge < -0.3 is 14.6 Å². The van der Waals surface area contributed by atoms with Crippen LogP contribution < -0.4 is 10.2 Å². The number of aliphatic hydroxyl groups is 1. The van der Waals surface area contributed by atoms with Crippen molar-refractivity contribution in [1.29, 1.82) is 0 Å². The van der Waals surface area contributed by atoms with Gasteiger partial charge in [0.25, 0.3) is 6.41 Å². The molecular weight excluding hydrogens is 361 g/mol. The van der Waals surface area contributed by atoms with Crippen LogP contribution in [0.4, 0.5) is 13.2 Å². The van der Waals surface area contributed by atoms with Crippen molar-refractivity contribution in [3.05, 3.63) is 53.1 Å². The highest BCUT2D eigenvalue weighted by Gasteiger charge is 2.30. The molecular formula is C19H19F3N2O3. The largest absolute Gasteiger partial charge is 0.496 e. The maximum atomic E-state index is 12.9. The highest BCUT2D eigenvalue weighted by Crippen LogP contribution is 2.37. The number of benzene rings is 2. The average molecular weight is 380 g/mol. The van der Waals surface area contributed by atoms with Gasteiger partial charge in [0.05, 0.1) is 12.7 Å². The molecule has 1 unspecified atom stereocenters. The third kappa shape index (κ3) is 4.33. The SMILES string of the molecule is COc1ccc(CCC2=NNC(O)O2)cc1-c1ccc(C(F)(F)F)cc1C. The Hall–Kier alpha value is -2.74. The van der Waals surface area contributed by atoms with Gasteiger partial charge in [0.1, 0.15) is 5.75 Å². The number of nitrogens with one attached hydrogen (secondary N) is 1. The van der Waals surface area contributed by atoms with E-state index in [1.807, 2.05) is 12.1 Å².